The molecule has 2 saturated carbocycles. The second-order valence-corrected chi connectivity index (χ2v) is 16.2. The average molecular weight is 795 g/mol. The molecular weight excluding hydrogens is 757 g/mol. The number of amides is 5. The van der Waals surface area contributed by atoms with Gasteiger partial charge < -0.3 is 21.3 Å². The van der Waals surface area contributed by atoms with Crippen LogP contribution in [0.4, 0.5) is 11.6 Å². The van der Waals surface area contributed by atoms with Gasteiger partial charge in [0.1, 0.15) is 16.8 Å². The van der Waals surface area contributed by atoms with E-state index < -0.39 is 34.3 Å². The van der Waals surface area contributed by atoms with Gasteiger partial charge >= 0.3 is 0 Å². The predicted molar refractivity (Wildman–Crippen MR) is 205 cm³/mol. The number of aromatic nitrogens is 3. The van der Waals surface area contributed by atoms with Crippen molar-refractivity contribution >= 4 is 64.4 Å². The lowest BCUT2D eigenvalue weighted by molar-refractivity contribution is -0.125. The van der Waals surface area contributed by atoms with Crippen molar-refractivity contribution in [2.24, 2.45) is 11.7 Å². The number of primary amides is 1. The molecule has 2 aliphatic carbocycles. The van der Waals surface area contributed by atoms with E-state index in [0.717, 1.165) is 5.56 Å². The van der Waals surface area contributed by atoms with E-state index >= 15 is 0 Å². The highest BCUT2D eigenvalue weighted by atomic mass is 35.5. The SMILES string of the molecule is C[C@@]1(Cc2ccc(C#N)cc2)C(=O)N(c2cc(Cl)cc(Cl)c2)c2ncc(C(=O)NC3(C(=O)NC4(c5cc(C(=O)N6CCCC(C(N)=O)C6)ccn5)CC4)CC3)n21. The maximum atomic E-state index is 14.5. The molecule has 1 unspecified atom stereocenters. The Balaban J connectivity index is 1.04. The van der Waals surface area contributed by atoms with Crippen molar-refractivity contribution in [1.29, 1.82) is 5.26 Å². The zero-order valence-electron chi connectivity index (χ0n) is 30.3. The number of carbonyl (C=O) groups excluding carboxylic acids is 5. The Hall–Kier alpha value is -5.78. The number of hydrogen-bond acceptors (Lipinski definition) is 8. The minimum atomic E-state index is -1.36. The molecule has 4 N–H and O–H groups in total. The topological polar surface area (TPSA) is 196 Å². The molecule has 2 aromatic heterocycles. The zero-order chi connectivity index (χ0) is 39.6. The Morgan fingerprint density at radius 2 is 1.70 bits per heavy atom. The smallest absolute Gasteiger partial charge is 0.270 e. The molecule has 2 atom stereocenters. The van der Waals surface area contributed by atoms with Crippen LogP contribution in [-0.2, 0) is 31.9 Å². The maximum absolute atomic E-state index is 14.5. The summed E-state index contributed by atoms with van der Waals surface area (Å²) in [4.78, 5) is 80.1. The summed E-state index contributed by atoms with van der Waals surface area (Å²) in [5.41, 5.74) is 4.73. The zero-order valence-corrected chi connectivity index (χ0v) is 31.9. The number of pyridine rings is 1. The van der Waals surface area contributed by atoms with E-state index in [2.05, 4.69) is 26.7 Å². The third kappa shape index (κ3) is 6.54. The van der Waals surface area contributed by atoms with Gasteiger partial charge in [-0.25, -0.2) is 9.88 Å². The van der Waals surface area contributed by atoms with Crippen molar-refractivity contribution < 1.29 is 24.0 Å². The van der Waals surface area contributed by atoms with Crippen LogP contribution in [0.3, 0.4) is 0 Å². The Labute approximate surface area is 332 Å². The van der Waals surface area contributed by atoms with Gasteiger partial charge in [0.2, 0.25) is 17.8 Å². The van der Waals surface area contributed by atoms with Crippen molar-refractivity contribution in [2.45, 2.75) is 68.5 Å². The van der Waals surface area contributed by atoms with Gasteiger partial charge in [0.25, 0.3) is 17.7 Å². The molecule has 5 amide bonds. The second-order valence-electron chi connectivity index (χ2n) is 15.3. The number of piperidine rings is 1. The highest BCUT2D eigenvalue weighted by Gasteiger charge is 2.57. The molecule has 4 heterocycles. The molecule has 14 nitrogen and oxygen atoms in total. The number of nitrogens with zero attached hydrogens (tertiary/aromatic N) is 6. The number of halogens is 2. The van der Waals surface area contributed by atoms with E-state index in [1.807, 2.05) is 0 Å². The first kappa shape index (κ1) is 37.2. The fourth-order valence-corrected chi connectivity index (χ4v) is 8.36. The molecule has 56 heavy (non-hydrogen) atoms. The van der Waals surface area contributed by atoms with Crippen molar-refractivity contribution in [3.05, 3.63) is 105 Å². The van der Waals surface area contributed by atoms with E-state index in [1.165, 1.54) is 17.3 Å². The van der Waals surface area contributed by atoms with Crippen molar-refractivity contribution in [3.8, 4) is 6.07 Å². The maximum Gasteiger partial charge on any atom is 0.270 e. The quantitative estimate of drug-likeness (QED) is 0.209. The van der Waals surface area contributed by atoms with Crippen LogP contribution in [0.5, 0.6) is 0 Å². The van der Waals surface area contributed by atoms with Gasteiger partial charge in [0, 0.05) is 41.3 Å². The summed E-state index contributed by atoms with van der Waals surface area (Å²) in [6, 6.07) is 17.0. The Kier molecular flexibility index (Phi) is 9.13. The van der Waals surface area contributed by atoms with Crippen molar-refractivity contribution in [3.63, 3.8) is 0 Å². The molecule has 0 spiro atoms. The number of nitrogens with two attached hydrogens (primary N) is 1. The minimum absolute atomic E-state index is 0.0736. The summed E-state index contributed by atoms with van der Waals surface area (Å²) in [7, 11) is 0. The van der Waals surface area contributed by atoms with E-state index in [9.17, 15) is 29.2 Å². The molecule has 0 radical (unpaired) electrons. The van der Waals surface area contributed by atoms with E-state index in [1.54, 1.807) is 71.0 Å². The monoisotopic (exact) mass is 793 g/mol. The van der Waals surface area contributed by atoms with E-state index in [-0.39, 0.29) is 42.3 Å². The fourth-order valence-electron chi connectivity index (χ4n) is 7.85. The van der Waals surface area contributed by atoms with Crippen LogP contribution in [0, 0.1) is 17.2 Å². The highest BCUT2D eigenvalue weighted by molar-refractivity contribution is 6.35. The first-order valence-corrected chi connectivity index (χ1v) is 19.1. The number of nitrogens with one attached hydrogen (secondary N) is 2. The van der Waals surface area contributed by atoms with Crippen LogP contribution in [0.25, 0.3) is 0 Å². The van der Waals surface area contributed by atoms with Crippen LogP contribution < -0.4 is 21.3 Å². The second kappa shape index (κ2) is 13.8. The van der Waals surface area contributed by atoms with Gasteiger partial charge in [0.15, 0.2) is 0 Å². The van der Waals surface area contributed by atoms with Gasteiger partial charge in [-0.1, -0.05) is 35.3 Å². The molecule has 4 aromatic rings. The number of benzene rings is 2. The summed E-state index contributed by atoms with van der Waals surface area (Å²) in [6.07, 6.45) is 6.35. The summed E-state index contributed by atoms with van der Waals surface area (Å²) < 4.78 is 1.58. The van der Waals surface area contributed by atoms with Gasteiger partial charge in [-0.15, -0.1) is 0 Å². The molecule has 2 aromatic carbocycles. The molecule has 4 aliphatic rings. The number of anilines is 2. The molecule has 2 aliphatic heterocycles. The molecule has 16 heteroatoms. The number of nitriles is 1. The van der Waals surface area contributed by atoms with Crippen molar-refractivity contribution in [1.82, 2.24) is 30.1 Å². The standard InChI is InChI=1S/C40H37Cl2N9O5/c1-38(19-23-4-6-24(20-43)7-5-23)36(56)50(29-17-27(41)16-28(42)18-29)37-46-21-30(51(37)38)33(53)47-40(11-12-40)35(55)48-39(9-10-39)31-15-25(8-13-45-31)34(54)49-14-2-3-26(22-49)32(44)52/h4-8,13,15-18,21,26H,2-3,9-12,14,19,22H2,1H3,(H2,44,52)(H,47,53)(H,48,55)/t26?,38-/m1/s1. The molecule has 1 saturated heterocycles. The van der Waals surface area contributed by atoms with E-state index in [0.29, 0.717) is 77.6 Å². The third-order valence-electron chi connectivity index (χ3n) is 11.3. The molecule has 0 bridgehead atoms. The first-order valence-electron chi connectivity index (χ1n) is 18.3. The number of fused-ring (bicyclic) bond motifs is 1. The Morgan fingerprint density at radius 1 is 0.982 bits per heavy atom. The fraction of sp³-hybridized carbons (Fsp3) is 0.350. The number of imidazole rings is 1. The third-order valence-corrected chi connectivity index (χ3v) is 11.8. The van der Waals surface area contributed by atoms with Crippen molar-refractivity contribution in [2.75, 3.05) is 18.0 Å². The number of carbonyl (C=O) groups is 5. The lowest BCUT2D eigenvalue weighted by Gasteiger charge is -2.31. The molecule has 3 fully saturated rings. The minimum Gasteiger partial charge on any atom is -0.369 e. The van der Waals surface area contributed by atoms with Gasteiger partial charge in [-0.2, -0.15) is 5.26 Å². The van der Waals surface area contributed by atoms with Gasteiger partial charge in [-0.05, 0) is 93.5 Å². The Bertz CT molecular complexity index is 2350. The number of likely N-dealkylation sites (tertiary alicyclic amines) is 1. The predicted octanol–water partition coefficient (Wildman–Crippen LogP) is 4.50. The van der Waals surface area contributed by atoms with Gasteiger partial charge in [0.05, 0.1) is 40.7 Å². The number of rotatable bonds is 10. The number of hydrogen-bond donors (Lipinski definition) is 3. The largest absolute Gasteiger partial charge is 0.369 e. The molecule has 286 valence electrons. The van der Waals surface area contributed by atoms with Crippen LogP contribution in [0.2, 0.25) is 10.0 Å². The lowest BCUT2D eigenvalue weighted by Crippen LogP contribution is -2.52. The van der Waals surface area contributed by atoms with Gasteiger partial charge in [-0.3, -0.25) is 33.5 Å². The van der Waals surface area contributed by atoms with E-state index in [4.69, 9.17) is 28.9 Å². The molecular formula is C40H37Cl2N9O5. The lowest BCUT2D eigenvalue weighted by atomic mass is 9.91. The Morgan fingerprint density at radius 3 is 2.34 bits per heavy atom. The van der Waals surface area contributed by atoms with Crippen LogP contribution >= 0.6 is 23.2 Å². The highest BCUT2D eigenvalue weighted by Crippen LogP contribution is 2.48. The average Bonchev–Trinajstić information content (AvgIpc) is 4.09. The first-order chi connectivity index (χ1) is 26.8. The molecule has 8 rings (SSSR count). The summed E-state index contributed by atoms with van der Waals surface area (Å²) in [6.45, 7) is 2.48. The summed E-state index contributed by atoms with van der Waals surface area (Å²) in [5, 5.41) is 16.0. The summed E-state index contributed by atoms with van der Waals surface area (Å²) in [5.74, 6) is -2.23. The van der Waals surface area contributed by atoms with Crippen LogP contribution in [0.1, 0.15) is 83.1 Å². The van der Waals surface area contributed by atoms with Crippen LogP contribution in [0.15, 0.2) is 67.0 Å². The van der Waals surface area contributed by atoms with Crippen LogP contribution in [-0.4, -0.2) is 67.6 Å². The normalized spacial score (nSPS) is 21.5. The summed E-state index contributed by atoms with van der Waals surface area (Å²) >= 11 is 12.7.